The first-order valence-electron chi connectivity index (χ1n) is 6.12. The fraction of sp³-hybridized carbons (Fsp3) is 0.500. The second kappa shape index (κ2) is 6.19. The lowest BCUT2D eigenvalue weighted by molar-refractivity contribution is 0.402. The molecule has 1 aliphatic rings. The molecule has 7 heteroatoms. The van der Waals surface area contributed by atoms with Gasteiger partial charge in [-0.2, -0.15) is 0 Å². The predicted octanol–water partition coefficient (Wildman–Crippen LogP) is 2.33. The number of sulfonamides is 1. The third-order valence-electron chi connectivity index (χ3n) is 3.11. The Kier molecular flexibility index (Phi) is 4.81. The minimum absolute atomic E-state index is 0.00265. The lowest BCUT2D eigenvalue weighted by Crippen LogP contribution is -2.33. The van der Waals surface area contributed by atoms with Crippen LogP contribution in [0.4, 0.5) is 10.1 Å². The van der Waals surface area contributed by atoms with E-state index in [1.165, 1.54) is 12.1 Å². The first kappa shape index (κ1) is 14.7. The third-order valence-corrected chi connectivity index (χ3v) is 5.04. The lowest BCUT2D eigenvalue weighted by Gasteiger charge is -2.22. The molecule has 0 bridgehead atoms. The van der Waals surface area contributed by atoms with Crippen LogP contribution in [0.15, 0.2) is 22.7 Å². The van der Waals surface area contributed by atoms with E-state index in [2.05, 4.69) is 26.0 Å². The van der Waals surface area contributed by atoms with Crippen molar-refractivity contribution in [1.82, 2.24) is 5.32 Å². The van der Waals surface area contributed by atoms with Crippen LogP contribution in [0, 0.1) is 11.7 Å². The summed E-state index contributed by atoms with van der Waals surface area (Å²) >= 11 is 3.13. The van der Waals surface area contributed by atoms with Crippen LogP contribution in [-0.4, -0.2) is 27.3 Å². The molecule has 1 aliphatic heterocycles. The second-order valence-electron chi connectivity index (χ2n) is 4.70. The molecule has 0 unspecified atom stereocenters. The molecule has 0 aromatic heterocycles. The summed E-state index contributed by atoms with van der Waals surface area (Å²) in [5.74, 6) is -0.398. The van der Waals surface area contributed by atoms with E-state index in [9.17, 15) is 12.8 Å². The minimum Gasteiger partial charge on any atom is -0.317 e. The molecule has 1 saturated heterocycles. The van der Waals surface area contributed by atoms with Gasteiger partial charge in [-0.3, -0.25) is 4.72 Å². The molecule has 0 saturated carbocycles. The second-order valence-corrected chi connectivity index (χ2v) is 7.38. The molecule has 1 aromatic carbocycles. The Labute approximate surface area is 121 Å². The quantitative estimate of drug-likeness (QED) is 0.876. The van der Waals surface area contributed by atoms with Crippen LogP contribution in [0.3, 0.4) is 0 Å². The number of halogens is 2. The van der Waals surface area contributed by atoms with E-state index >= 15 is 0 Å². The molecule has 4 nitrogen and oxygen atoms in total. The summed E-state index contributed by atoms with van der Waals surface area (Å²) in [5, 5.41) is 3.19. The monoisotopic (exact) mass is 350 g/mol. The zero-order valence-corrected chi connectivity index (χ0v) is 12.7. The van der Waals surface area contributed by atoms with Gasteiger partial charge in [-0.25, -0.2) is 12.8 Å². The standard InChI is InChI=1S/C12H16BrFN2O2S/c13-10-1-2-12(11(14)7-10)16-19(17,18)8-9-3-5-15-6-4-9/h1-2,7,9,15-16H,3-6,8H2. The van der Waals surface area contributed by atoms with Gasteiger partial charge < -0.3 is 5.32 Å². The van der Waals surface area contributed by atoms with Crippen molar-refractivity contribution < 1.29 is 12.8 Å². The summed E-state index contributed by atoms with van der Waals surface area (Å²) in [7, 11) is -3.50. The van der Waals surface area contributed by atoms with Crippen LogP contribution < -0.4 is 10.0 Å². The van der Waals surface area contributed by atoms with Crippen molar-refractivity contribution in [1.29, 1.82) is 0 Å². The van der Waals surface area contributed by atoms with Gasteiger partial charge in [0.1, 0.15) is 5.82 Å². The largest absolute Gasteiger partial charge is 0.317 e. The first-order chi connectivity index (χ1) is 8.96. The van der Waals surface area contributed by atoms with Gasteiger partial charge in [0, 0.05) is 4.47 Å². The lowest BCUT2D eigenvalue weighted by atomic mass is 10.0. The van der Waals surface area contributed by atoms with Crippen LogP contribution in [0.25, 0.3) is 0 Å². The van der Waals surface area contributed by atoms with E-state index < -0.39 is 15.8 Å². The Morgan fingerprint density at radius 3 is 2.68 bits per heavy atom. The molecule has 1 fully saturated rings. The van der Waals surface area contributed by atoms with Crippen molar-refractivity contribution in [3.63, 3.8) is 0 Å². The molecule has 19 heavy (non-hydrogen) atoms. The highest BCUT2D eigenvalue weighted by Gasteiger charge is 2.22. The van der Waals surface area contributed by atoms with Crippen molar-refractivity contribution in [2.24, 2.45) is 5.92 Å². The number of hydrogen-bond donors (Lipinski definition) is 2. The molecule has 2 rings (SSSR count). The minimum atomic E-state index is -3.50. The van der Waals surface area contributed by atoms with E-state index in [-0.39, 0.29) is 17.4 Å². The highest BCUT2D eigenvalue weighted by Crippen LogP contribution is 2.22. The molecule has 1 heterocycles. The van der Waals surface area contributed by atoms with Gasteiger partial charge in [-0.1, -0.05) is 15.9 Å². The zero-order valence-electron chi connectivity index (χ0n) is 10.3. The number of benzene rings is 1. The van der Waals surface area contributed by atoms with Crippen LogP contribution in [0.5, 0.6) is 0 Å². The van der Waals surface area contributed by atoms with Crippen LogP contribution >= 0.6 is 15.9 Å². The molecule has 0 aliphatic carbocycles. The summed E-state index contributed by atoms with van der Waals surface area (Å²) < 4.78 is 40.5. The molecule has 0 amide bonds. The first-order valence-corrected chi connectivity index (χ1v) is 8.57. The molecule has 0 spiro atoms. The number of nitrogens with one attached hydrogen (secondary N) is 2. The van der Waals surface area contributed by atoms with E-state index in [1.807, 2.05) is 0 Å². The van der Waals surface area contributed by atoms with E-state index in [4.69, 9.17) is 0 Å². The number of anilines is 1. The average Bonchev–Trinajstić information content (AvgIpc) is 2.33. The molecule has 2 N–H and O–H groups in total. The van der Waals surface area contributed by atoms with E-state index in [0.29, 0.717) is 4.47 Å². The fourth-order valence-corrected chi connectivity index (χ4v) is 4.01. The predicted molar refractivity (Wildman–Crippen MR) is 77.1 cm³/mol. The molecule has 0 atom stereocenters. The van der Waals surface area contributed by atoms with Gasteiger partial charge in [0.2, 0.25) is 10.0 Å². The Bertz CT molecular complexity index is 545. The summed E-state index contributed by atoms with van der Waals surface area (Å²) in [6, 6.07) is 4.26. The average molecular weight is 351 g/mol. The Balaban J connectivity index is 2.03. The molecule has 0 radical (unpaired) electrons. The smallest absolute Gasteiger partial charge is 0.233 e. The zero-order chi connectivity index (χ0) is 13.9. The summed E-state index contributed by atoms with van der Waals surface area (Å²) in [6.45, 7) is 1.68. The molecular formula is C12H16BrFN2O2S. The number of rotatable bonds is 4. The third kappa shape index (κ3) is 4.43. The van der Waals surface area contributed by atoms with Crippen molar-refractivity contribution in [3.05, 3.63) is 28.5 Å². The maximum atomic E-state index is 13.6. The molecule has 106 valence electrons. The van der Waals surface area contributed by atoms with Crippen molar-refractivity contribution >= 4 is 31.6 Å². The molecular weight excluding hydrogens is 335 g/mol. The topological polar surface area (TPSA) is 58.2 Å². The van der Waals surface area contributed by atoms with Gasteiger partial charge in [0.05, 0.1) is 11.4 Å². The van der Waals surface area contributed by atoms with Crippen LogP contribution in [0.2, 0.25) is 0 Å². The maximum Gasteiger partial charge on any atom is 0.233 e. The van der Waals surface area contributed by atoms with Crippen molar-refractivity contribution in [2.45, 2.75) is 12.8 Å². The van der Waals surface area contributed by atoms with Gasteiger partial charge in [-0.05, 0) is 50.0 Å². The Morgan fingerprint density at radius 2 is 2.05 bits per heavy atom. The normalized spacial score (nSPS) is 17.4. The Morgan fingerprint density at radius 1 is 1.37 bits per heavy atom. The Hall–Kier alpha value is -0.660. The SMILES string of the molecule is O=S(=O)(CC1CCNCC1)Nc1ccc(Br)cc1F. The van der Waals surface area contributed by atoms with Crippen molar-refractivity contribution in [3.8, 4) is 0 Å². The highest BCUT2D eigenvalue weighted by molar-refractivity contribution is 9.10. The summed E-state index contributed by atoms with van der Waals surface area (Å²) in [4.78, 5) is 0. The molecule has 1 aromatic rings. The van der Waals surface area contributed by atoms with Crippen molar-refractivity contribution in [2.75, 3.05) is 23.6 Å². The van der Waals surface area contributed by atoms with Crippen LogP contribution in [-0.2, 0) is 10.0 Å². The van der Waals surface area contributed by atoms with E-state index in [0.717, 1.165) is 25.9 Å². The highest BCUT2D eigenvalue weighted by atomic mass is 79.9. The number of hydrogen-bond acceptors (Lipinski definition) is 3. The van der Waals surface area contributed by atoms with Gasteiger partial charge in [-0.15, -0.1) is 0 Å². The van der Waals surface area contributed by atoms with Gasteiger partial charge in [0.25, 0.3) is 0 Å². The van der Waals surface area contributed by atoms with Gasteiger partial charge >= 0.3 is 0 Å². The summed E-state index contributed by atoms with van der Waals surface area (Å²) in [5.41, 5.74) is -0.00265. The summed E-state index contributed by atoms with van der Waals surface area (Å²) in [6.07, 6.45) is 1.67. The fourth-order valence-electron chi connectivity index (χ4n) is 2.14. The van der Waals surface area contributed by atoms with Crippen LogP contribution in [0.1, 0.15) is 12.8 Å². The van der Waals surface area contributed by atoms with E-state index in [1.54, 1.807) is 6.07 Å². The van der Waals surface area contributed by atoms with Gasteiger partial charge in [0.15, 0.2) is 0 Å². The maximum absolute atomic E-state index is 13.6. The number of piperidine rings is 1.